The van der Waals surface area contributed by atoms with Crippen molar-refractivity contribution in [3.8, 4) is 0 Å². The highest BCUT2D eigenvalue weighted by atomic mass is 35.5. The third-order valence-corrected chi connectivity index (χ3v) is 4.73. The summed E-state index contributed by atoms with van der Waals surface area (Å²) in [6, 6.07) is 0. The average Bonchev–Trinajstić information content (AvgIpc) is 2.33. The lowest BCUT2D eigenvalue weighted by atomic mass is 10.1. The van der Waals surface area contributed by atoms with Gasteiger partial charge in [-0.15, -0.1) is 23.2 Å². The summed E-state index contributed by atoms with van der Waals surface area (Å²) in [4.78, 5) is 26.2. The van der Waals surface area contributed by atoms with E-state index in [9.17, 15) is 0 Å². The van der Waals surface area contributed by atoms with Crippen LogP contribution in [0, 0.1) is 0 Å². The minimum absolute atomic E-state index is 0.151. The molecule has 0 aromatic heterocycles. The van der Waals surface area contributed by atoms with Crippen molar-refractivity contribution in [2.24, 2.45) is 0 Å². The maximum atomic E-state index is 8.82. The van der Waals surface area contributed by atoms with Gasteiger partial charge in [-0.1, -0.05) is 57.8 Å². The van der Waals surface area contributed by atoms with Crippen LogP contribution >= 0.6 is 31.1 Å². The molecule has 0 aliphatic heterocycles. The van der Waals surface area contributed by atoms with Crippen molar-refractivity contribution in [3.63, 3.8) is 0 Å². The van der Waals surface area contributed by atoms with Crippen molar-refractivity contribution in [2.45, 2.75) is 81.9 Å². The predicted molar refractivity (Wildman–Crippen MR) is 89.3 cm³/mol. The van der Waals surface area contributed by atoms with E-state index in [2.05, 4.69) is 0 Å². The van der Waals surface area contributed by atoms with E-state index in [1.54, 1.807) is 0 Å². The monoisotopic (exact) mass is 347 g/mol. The van der Waals surface area contributed by atoms with Gasteiger partial charge < -0.3 is 0 Å². The van der Waals surface area contributed by atoms with Gasteiger partial charge in [-0.25, -0.2) is 0 Å². The lowest BCUT2D eigenvalue weighted by Gasteiger charge is -2.04. The molecule has 0 saturated carbocycles. The minimum atomic E-state index is -3.52. The van der Waals surface area contributed by atoms with Crippen LogP contribution in [0.2, 0.25) is 0 Å². The van der Waals surface area contributed by atoms with Gasteiger partial charge in [0.2, 0.25) is 0 Å². The molecule has 0 aliphatic carbocycles. The van der Waals surface area contributed by atoms with Gasteiger partial charge in [-0.2, -0.15) is 14.7 Å². The van der Waals surface area contributed by atoms with Crippen LogP contribution in [-0.4, -0.2) is 25.7 Å². The molecule has 0 bridgehead atoms. The van der Waals surface area contributed by atoms with Crippen molar-refractivity contribution < 1.29 is 14.7 Å². The van der Waals surface area contributed by atoms with Crippen LogP contribution in [0.3, 0.4) is 0 Å². The number of alkyl halides is 2. The third-order valence-electron chi connectivity index (χ3n) is 3.38. The molecule has 6 heteroatoms. The summed E-state index contributed by atoms with van der Waals surface area (Å²) in [6.45, 7) is 0. The first-order chi connectivity index (χ1) is 9.42. The molecule has 0 spiro atoms. The van der Waals surface area contributed by atoms with Crippen LogP contribution in [0.25, 0.3) is 0 Å². The lowest BCUT2D eigenvalue weighted by Crippen LogP contribution is -1.95. The molecular weight excluding hydrogens is 318 g/mol. The van der Waals surface area contributed by atoms with Crippen LogP contribution in [0.1, 0.15) is 77.0 Å². The van der Waals surface area contributed by atoms with E-state index in [0.29, 0.717) is 6.42 Å². The summed E-state index contributed by atoms with van der Waals surface area (Å²) in [5, 5.41) is 0. The number of hydrogen-bond acceptors (Lipinski definition) is 3. The topological polar surface area (TPSA) is 60.7 Å². The van der Waals surface area contributed by atoms with Crippen molar-refractivity contribution in [3.05, 3.63) is 0 Å². The summed E-state index contributed by atoms with van der Waals surface area (Å²) < 4.78 is 0. The molecule has 0 atom stereocenters. The fourth-order valence-corrected chi connectivity index (χ4v) is 3.17. The molecule has 3 N–H and O–H groups in total. The normalized spacial score (nSPS) is 12.3. The zero-order valence-corrected chi connectivity index (χ0v) is 14.7. The first-order valence-electron chi connectivity index (χ1n) is 7.76. The van der Waals surface area contributed by atoms with E-state index in [0.717, 1.165) is 25.7 Å². The van der Waals surface area contributed by atoms with Crippen LogP contribution in [0.5, 0.6) is 0 Å². The van der Waals surface area contributed by atoms with Crippen molar-refractivity contribution in [1.29, 1.82) is 0 Å². The van der Waals surface area contributed by atoms with E-state index in [-0.39, 0.29) is 11.0 Å². The van der Waals surface area contributed by atoms with Gasteiger partial charge in [0.15, 0.2) is 0 Å². The highest BCUT2D eigenvalue weighted by molar-refractivity contribution is 7.58. The van der Waals surface area contributed by atoms with Crippen LogP contribution in [0.15, 0.2) is 0 Å². The molecule has 0 aromatic carbocycles. The molecule has 0 radical (unpaired) electrons. The second-order valence-corrected chi connectivity index (χ2v) is 8.59. The van der Waals surface area contributed by atoms with Crippen LogP contribution in [0.4, 0.5) is 0 Å². The zero-order chi connectivity index (χ0) is 15.3. The Bertz CT molecular complexity index is 211. The zero-order valence-electron chi connectivity index (χ0n) is 12.3. The van der Waals surface area contributed by atoms with Crippen molar-refractivity contribution in [1.82, 2.24) is 0 Å². The standard InChI is InChI=1S/C14H30Cl2O3P/c15-14(16)12-10-8-6-4-2-1-3-5-7-9-11-13-20(17,18)19/h14,17-19H,1-13H2/q+1. The van der Waals surface area contributed by atoms with E-state index in [1.807, 2.05) is 0 Å². The lowest BCUT2D eigenvalue weighted by molar-refractivity contribution is 0.328. The molecule has 0 amide bonds. The number of halogens is 2. The first kappa shape index (κ1) is 20.9. The second kappa shape index (κ2) is 13.5. The van der Waals surface area contributed by atoms with E-state index >= 15 is 0 Å². The molecule has 0 unspecified atom stereocenters. The van der Waals surface area contributed by atoms with Gasteiger partial charge in [-0.05, 0) is 19.3 Å². The Balaban J connectivity index is 3.03. The minimum Gasteiger partial charge on any atom is -0.193 e. The smallest absolute Gasteiger partial charge is 0.193 e. The molecule has 0 saturated heterocycles. The summed E-state index contributed by atoms with van der Waals surface area (Å²) in [5.41, 5.74) is 0. The second-order valence-electron chi connectivity index (χ2n) is 5.49. The first-order valence-corrected chi connectivity index (χ1v) is 10.5. The molecule has 3 nitrogen and oxygen atoms in total. The van der Waals surface area contributed by atoms with Gasteiger partial charge in [-0.3, -0.25) is 0 Å². The van der Waals surface area contributed by atoms with Crippen LogP contribution in [-0.2, 0) is 0 Å². The SMILES string of the molecule is O[P+](O)(O)CCCCCCCCCCCCCC(Cl)Cl. The van der Waals surface area contributed by atoms with Gasteiger partial charge in [0.25, 0.3) is 0 Å². The maximum absolute atomic E-state index is 8.82. The Morgan fingerprint density at radius 3 is 1.30 bits per heavy atom. The van der Waals surface area contributed by atoms with E-state index < -0.39 is 7.94 Å². The third kappa shape index (κ3) is 18.9. The molecule has 0 aromatic rings. The maximum Gasteiger partial charge on any atom is 0.403 e. The van der Waals surface area contributed by atoms with Crippen LogP contribution < -0.4 is 0 Å². The summed E-state index contributed by atoms with van der Waals surface area (Å²) in [6.07, 6.45) is 13.8. The molecule has 122 valence electrons. The number of unbranched alkanes of at least 4 members (excludes halogenated alkanes) is 10. The fourth-order valence-electron chi connectivity index (χ4n) is 2.21. The Morgan fingerprint density at radius 1 is 0.600 bits per heavy atom. The Hall–Kier alpha value is 0.890. The van der Waals surface area contributed by atoms with Gasteiger partial charge in [0.1, 0.15) is 11.0 Å². The highest BCUT2D eigenvalue weighted by Gasteiger charge is 2.27. The summed E-state index contributed by atoms with van der Waals surface area (Å²) in [7, 11) is -3.52. The molecule has 0 rings (SSSR count). The largest absolute Gasteiger partial charge is 0.403 e. The molecule has 0 heterocycles. The van der Waals surface area contributed by atoms with Crippen molar-refractivity contribution in [2.75, 3.05) is 6.16 Å². The number of hydrogen-bond donors (Lipinski definition) is 3. The predicted octanol–water partition coefficient (Wildman–Crippen LogP) is 5.21. The fraction of sp³-hybridized carbons (Fsp3) is 1.00. The quantitative estimate of drug-likeness (QED) is 0.229. The van der Waals surface area contributed by atoms with E-state index in [4.69, 9.17) is 37.9 Å². The van der Waals surface area contributed by atoms with Gasteiger partial charge in [0, 0.05) is 0 Å². The Kier molecular flexibility index (Phi) is 14.1. The Labute approximate surface area is 134 Å². The molecule has 0 fully saturated rings. The highest BCUT2D eigenvalue weighted by Crippen LogP contribution is 2.45. The molecule has 20 heavy (non-hydrogen) atoms. The summed E-state index contributed by atoms with van der Waals surface area (Å²) in [5.74, 6) is 0. The molecular formula is C14H30Cl2O3P+. The van der Waals surface area contributed by atoms with Crippen molar-refractivity contribution >= 4 is 31.1 Å². The van der Waals surface area contributed by atoms with E-state index in [1.165, 1.54) is 44.9 Å². The average molecular weight is 348 g/mol. The van der Waals surface area contributed by atoms with Gasteiger partial charge in [0.05, 0.1) is 0 Å². The number of rotatable bonds is 14. The Morgan fingerprint density at radius 2 is 0.950 bits per heavy atom. The molecule has 0 aliphatic rings. The summed E-state index contributed by atoms with van der Waals surface area (Å²) >= 11 is 11.3. The van der Waals surface area contributed by atoms with Gasteiger partial charge >= 0.3 is 7.94 Å².